The number of nitrogens with one attached hydrogen (secondary N) is 2. The van der Waals surface area contributed by atoms with Crippen LogP contribution < -0.4 is 11.1 Å². The summed E-state index contributed by atoms with van der Waals surface area (Å²) in [6.07, 6.45) is 1.73. The first-order valence-electron chi connectivity index (χ1n) is 6.61. The fourth-order valence-electron chi connectivity index (χ4n) is 1.57. The van der Waals surface area contributed by atoms with E-state index in [1.54, 1.807) is 6.33 Å². The number of thiol groups is 1. The highest BCUT2D eigenvalue weighted by molar-refractivity contribution is 7.80. The second kappa shape index (κ2) is 8.40. The number of hydrogen-bond donors (Lipinski definition) is 5. The van der Waals surface area contributed by atoms with Crippen LogP contribution in [0, 0.1) is 13.8 Å². The summed E-state index contributed by atoms with van der Waals surface area (Å²) in [7, 11) is 0. The van der Waals surface area contributed by atoms with Crippen LogP contribution in [-0.2, 0) is 9.59 Å². The molecule has 1 heterocycles. The lowest BCUT2D eigenvalue weighted by molar-refractivity contribution is -0.138. The van der Waals surface area contributed by atoms with Gasteiger partial charge in [0.25, 0.3) is 0 Å². The van der Waals surface area contributed by atoms with Gasteiger partial charge >= 0.3 is 5.97 Å². The predicted molar refractivity (Wildman–Crippen MR) is 88.0 cm³/mol. The minimum absolute atomic E-state index is 0.200. The van der Waals surface area contributed by atoms with E-state index in [0.29, 0.717) is 0 Å². The van der Waals surface area contributed by atoms with Gasteiger partial charge in [0, 0.05) is 5.75 Å². The molecule has 2 aromatic rings. The Labute approximate surface area is 133 Å². The monoisotopic (exact) mass is 324 g/mol. The largest absolute Gasteiger partial charge is 0.480 e. The minimum Gasteiger partial charge on any atom is -0.480 e. The number of aryl methyl sites for hydroxylation is 2. The van der Waals surface area contributed by atoms with Crippen LogP contribution in [0.3, 0.4) is 0 Å². The number of hydrogen-bond acceptors (Lipinski definition) is 5. The molecule has 2 rings (SSSR count). The molecule has 8 heteroatoms. The van der Waals surface area contributed by atoms with E-state index in [0.717, 1.165) is 11.0 Å². The summed E-state index contributed by atoms with van der Waals surface area (Å²) in [5.74, 6) is -1.39. The van der Waals surface area contributed by atoms with Crippen LogP contribution >= 0.6 is 12.6 Å². The third-order valence-electron chi connectivity index (χ3n) is 2.98. The number of fused-ring (bicyclic) bond motifs is 1. The number of aromatic nitrogens is 2. The Bertz CT molecular complexity index is 621. The average Bonchev–Trinajstić information content (AvgIpc) is 2.92. The van der Waals surface area contributed by atoms with Crippen molar-refractivity contribution < 1.29 is 14.7 Å². The van der Waals surface area contributed by atoms with Gasteiger partial charge in [-0.2, -0.15) is 12.6 Å². The van der Waals surface area contributed by atoms with Crippen LogP contribution in [0.1, 0.15) is 11.1 Å². The summed E-state index contributed by atoms with van der Waals surface area (Å²) in [6.45, 7) is 3.80. The molecule has 22 heavy (non-hydrogen) atoms. The minimum atomic E-state index is -1.09. The summed E-state index contributed by atoms with van der Waals surface area (Å²) in [5.41, 5.74) is 9.99. The zero-order chi connectivity index (χ0) is 16.7. The summed E-state index contributed by atoms with van der Waals surface area (Å²) in [4.78, 5) is 27.9. The fraction of sp³-hybridized carbons (Fsp3) is 0.357. The van der Waals surface area contributed by atoms with Crippen LogP contribution in [-0.4, -0.2) is 45.3 Å². The number of aromatic amines is 1. The molecule has 0 fully saturated rings. The van der Waals surface area contributed by atoms with Crippen LogP contribution in [0.5, 0.6) is 0 Å². The Morgan fingerprint density at radius 1 is 1.41 bits per heavy atom. The summed E-state index contributed by atoms with van der Waals surface area (Å²) in [5, 5.41) is 10.3. The van der Waals surface area contributed by atoms with Gasteiger partial charge in [0.1, 0.15) is 6.54 Å². The van der Waals surface area contributed by atoms with Crippen LogP contribution in [0.2, 0.25) is 0 Å². The normalized spacial score (nSPS) is 11.5. The van der Waals surface area contributed by atoms with Gasteiger partial charge in [0.05, 0.1) is 23.4 Å². The first-order valence-corrected chi connectivity index (χ1v) is 7.24. The number of H-pyrrole nitrogens is 1. The van der Waals surface area contributed by atoms with Gasteiger partial charge < -0.3 is 21.1 Å². The van der Waals surface area contributed by atoms with E-state index in [9.17, 15) is 9.59 Å². The van der Waals surface area contributed by atoms with E-state index in [1.807, 2.05) is 0 Å². The average molecular weight is 324 g/mol. The number of imidazole rings is 1. The molecular formula is C14H20N4O3S. The number of benzene rings is 1. The topological polar surface area (TPSA) is 121 Å². The first-order chi connectivity index (χ1) is 10.3. The maximum Gasteiger partial charge on any atom is 0.322 e. The molecule has 1 unspecified atom stereocenters. The molecule has 0 spiro atoms. The molecule has 0 radical (unpaired) electrons. The molecule has 0 aliphatic rings. The van der Waals surface area contributed by atoms with Crippen LogP contribution in [0.25, 0.3) is 11.0 Å². The van der Waals surface area contributed by atoms with Gasteiger partial charge in [0.15, 0.2) is 0 Å². The third kappa shape index (κ3) is 5.38. The van der Waals surface area contributed by atoms with E-state index >= 15 is 0 Å². The number of amides is 1. The molecular weight excluding hydrogens is 304 g/mol. The third-order valence-corrected chi connectivity index (χ3v) is 3.38. The van der Waals surface area contributed by atoms with Crippen molar-refractivity contribution in [3.63, 3.8) is 0 Å². The number of rotatable bonds is 4. The van der Waals surface area contributed by atoms with Crippen molar-refractivity contribution in [1.82, 2.24) is 15.3 Å². The number of carboxylic acids is 1. The highest BCUT2D eigenvalue weighted by Crippen LogP contribution is 2.14. The Balaban J connectivity index is 0.000000220. The molecule has 1 aromatic heterocycles. The first kappa shape index (κ1) is 18.0. The van der Waals surface area contributed by atoms with E-state index in [1.165, 1.54) is 11.1 Å². The highest BCUT2D eigenvalue weighted by Gasteiger charge is 2.11. The lowest BCUT2D eigenvalue weighted by Gasteiger charge is -2.06. The quantitative estimate of drug-likeness (QED) is 0.528. The van der Waals surface area contributed by atoms with Crippen molar-refractivity contribution in [2.24, 2.45) is 5.73 Å². The van der Waals surface area contributed by atoms with Crippen molar-refractivity contribution in [2.45, 2.75) is 19.9 Å². The number of carbonyl (C=O) groups excluding carboxylic acids is 1. The van der Waals surface area contributed by atoms with E-state index < -0.39 is 24.5 Å². The number of nitrogens with zero attached hydrogens (tertiary/aromatic N) is 1. The Morgan fingerprint density at radius 2 is 2.05 bits per heavy atom. The van der Waals surface area contributed by atoms with Crippen molar-refractivity contribution in [2.75, 3.05) is 12.3 Å². The van der Waals surface area contributed by atoms with Gasteiger partial charge in [-0.25, -0.2) is 4.98 Å². The second-order valence-electron chi connectivity index (χ2n) is 4.76. The highest BCUT2D eigenvalue weighted by atomic mass is 32.1. The predicted octanol–water partition coefficient (Wildman–Crippen LogP) is 0.624. The molecule has 0 aliphatic heterocycles. The van der Waals surface area contributed by atoms with Gasteiger partial charge in [-0.1, -0.05) is 0 Å². The van der Waals surface area contributed by atoms with Crippen LogP contribution in [0.4, 0.5) is 0 Å². The molecule has 0 aliphatic carbocycles. The van der Waals surface area contributed by atoms with Crippen molar-refractivity contribution in [3.05, 3.63) is 29.6 Å². The zero-order valence-electron chi connectivity index (χ0n) is 12.5. The standard InChI is InChI=1S/C9H10N2.C5H10N2O3S/c1-6-3-8-9(4-7(6)2)11-5-10-8;6-3(2-11)5(10)7-1-4(8)9/h3-5H,1-2H3,(H,10,11);3,11H,1-2,6H2,(H,7,10)(H,8,9). The molecule has 5 N–H and O–H groups in total. The van der Waals surface area contributed by atoms with Crippen molar-refractivity contribution in [3.8, 4) is 0 Å². The number of carbonyl (C=O) groups is 2. The Hall–Kier alpha value is -2.06. The maximum atomic E-state index is 10.7. The molecule has 1 amide bonds. The molecule has 0 bridgehead atoms. The molecule has 0 saturated carbocycles. The van der Waals surface area contributed by atoms with Gasteiger partial charge in [-0.3, -0.25) is 9.59 Å². The smallest absolute Gasteiger partial charge is 0.322 e. The van der Waals surface area contributed by atoms with E-state index in [-0.39, 0.29) is 5.75 Å². The summed E-state index contributed by atoms with van der Waals surface area (Å²) in [6, 6.07) is 3.48. The molecule has 1 atom stereocenters. The zero-order valence-corrected chi connectivity index (χ0v) is 13.4. The van der Waals surface area contributed by atoms with Gasteiger partial charge in [-0.05, 0) is 37.1 Å². The van der Waals surface area contributed by atoms with Crippen LogP contribution in [0.15, 0.2) is 18.5 Å². The second-order valence-corrected chi connectivity index (χ2v) is 5.12. The summed E-state index contributed by atoms with van der Waals surface area (Å²) >= 11 is 3.77. The molecule has 120 valence electrons. The lowest BCUT2D eigenvalue weighted by Crippen LogP contribution is -2.43. The molecule has 7 nitrogen and oxygen atoms in total. The van der Waals surface area contributed by atoms with Crippen molar-refractivity contribution in [1.29, 1.82) is 0 Å². The Kier molecular flexibility index (Phi) is 6.87. The SMILES string of the molecule is Cc1cc2nc[nH]c2cc1C.NC(CS)C(=O)NCC(=O)O. The molecule has 0 saturated heterocycles. The van der Waals surface area contributed by atoms with E-state index in [2.05, 4.69) is 53.9 Å². The number of aliphatic carboxylic acids is 1. The number of carboxylic acid groups (broad SMARTS) is 1. The lowest BCUT2D eigenvalue weighted by atomic mass is 10.1. The van der Waals surface area contributed by atoms with Crippen molar-refractivity contribution >= 4 is 35.5 Å². The van der Waals surface area contributed by atoms with Gasteiger partial charge in [-0.15, -0.1) is 0 Å². The number of nitrogens with two attached hydrogens (primary N) is 1. The van der Waals surface area contributed by atoms with Gasteiger partial charge in [0.2, 0.25) is 5.91 Å². The van der Waals surface area contributed by atoms with E-state index in [4.69, 9.17) is 10.8 Å². The molecule has 1 aromatic carbocycles. The maximum absolute atomic E-state index is 10.7. The fourth-order valence-corrected chi connectivity index (χ4v) is 1.74. The Morgan fingerprint density at radius 3 is 2.64 bits per heavy atom. The summed E-state index contributed by atoms with van der Waals surface area (Å²) < 4.78 is 0.